The first kappa shape index (κ1) is 11.5. The molecular weight excluding hydrogens is 248 g/mol. The van der Waals surface area contributed by atoms with Gasteiger partial charge in [0.2, 0.25) is 5.95 Å². The fourth-order valence-corrected chi connectivity index (χ4v) is 2.79. The van der Waals surface area contributed by atoms with Crippen LogP contribution in [0.15, 0.2) is 24.3 Å². The number of hydrogen-bond donors (Lipinski definition) is 1. The summed E-state index contributed by atoms with van der Waals surface area (Å²) in [7, 11) is 0. The molecule has 1 aromatic heterocycles. The van der Waals surface area contributed by atoms with Gasteiger partial charge >= 0.3 is 0 Å². The number of fused-ring (bicyclic) bond motifs is 1. The van der Waals surface area contributed by atoms with Gasteiger partial charge in [0.15, 0.2) is 0 Å². The Kier molecular flexibility index (Phi) is 2.74. The Hall–Kier alpha value is -1.55. The highest BCUT2D eigenvalue weighted by molar-refractivity contribution is 6.30. The minimum Gasteiger partial charge on any atom is -0.366 e. The van der Waals surface area contributed by atoms with E-state index in [4.69, 9.17) is 17.3 Å². The minimum absolute atomic E-state index is 0.369. The van der Waals surface area contributed by atoms with E-state index in [1.54, 1.807) is 0 Å². The van der Waals surface area contributed by atoms with E-state index >= 15 is 0 Å². The predicted molar refractivity (Wildman–Crippen MR) is 71.7 cm³/mol. The molecule has 2 N–H and O–H groups in total. The highest BCUT2D eigenvalue weighted by atomic mass is 35.5. The minimum atomic E-state index is 0.369. The van der Waals surface area contributed by atoms with Gasteiger partial charge in [-0.05, 0) is 24.1 Å². The van der Waals surface area contributed by atoms with E-state index < -0.39 is 0 Å². The van der Waals surface area contributed by atoms with Crippen LogP contribution in [0, 0.1) is 0 Å². The summed E-state index contributed by atoms with van der Waals surface area (Å²) in [6, 6.07) is 8.05. The molecule has 0 saturated carbocycles. The van der Waals surface area contributed by atoms with E-state index in [1.165, 1.54) is 5.56 Å². The van der Waals surface area contributed by atoms with Gasteiger partial charge in [-0.3, -0.25) is 0 Å². The molecule has 4 nitrogen and oxygen atoms in total. The molecule has 94 valence electrons. The molecule has 0 aliphatic carbocycles. The van der Waals surface area contributed by atoms with Gasteiger partial charge in [0.25, 0.3) is 0 Å². The molecule has 0 saturated heterocycles. The van der Waals surface area contributed by atoms with Crippen LogP contribution in [0.25, 0.3) is 0 Å². The topological polar surface area (TPSA) is 56.7 Å². The number of halogens is 1. The summed E-state index contributed by atoms with van der Waals surface area (Å²) in [6.45, 7) is 3.01. The van der Waals surface area contributed by atoms with Gasteiger partial charge in [-0.1, -0.05) is 30.7 Å². The van der Waals surface area contributed by atoms with Crippen molar-refractivity contribution in [2.45, 2.75) is 31.7 Å². The maximum Gasteiger partial charge on any atom is 0.239 e. The number of aromatic nitrogens is 3. The summed E-state index contributed by atoms with van der Waals surface area (Å²) in [6.07, 6.45) is 1.07. The molecule has 0 spiro atoms. The first-order chi connectivity index (χ1) is 8.63. The number of nitrogens with two attached hydrogens (primary N) is 1. The van der Waals surface area contributed by atoms with E-state index in [0.717, 1.165) is 23.8 Å². The third-order valence-electron chi connectivity index (χ3n) is 3.53. The van der Waals surface area contributed by atoms with Gasteiger partial charge < -0.3 is 5.73 Å². The summed E-state index contributed by atoms with van der Waals surface area (Å²) in [5.74, 6) is 2.20. The van der Waals surface area contributed by atoms with Gasteiger partial charge in [-0.25, -0.2) is 4.68 Å². The molecule has 2 heterocycles. The molecule has 1 aliphatic rings. The first-order valence-electron chi connectivity index (χ1n) is 6.09. The van der Waals surface area contributed by atoms with E-state index in [1.807, 2.05) is 16.8 Å². The Bertz CT molecular complexity index is 561. The van der Waals surface area contributed by atoms with Crippen molar-refractivity contribution < 1.29 is 0 Å². The van der Waals surface area contributed by atoms with E-state index in [-0.39, 0.29) is 0 Å². The SMILES string of the molecule is CC1CC(c2ccc(Cl)cc2)Cn2nc(N)nc21. The number of anilines is 1. The average molecular weight is 263 g/mol. The molecule has 18 heavy (non-hydrogen) atoms. The zero-order valence-corrected chi connectivity index (χ0v) is 10.9. The van der Waals surface area contributed by atoms with E-state index in [0.29, 0.717) is 17.8 Å². The average Bonchev–Trinajstić information content (AvgIpc) is 2.71. The molecule has 1 aliphatic heterocycles. The number of hydrogen-bond acceptors (Lipinski definition) is 3. The van der Waals surface area contributed by atoms with Crippen molar-refractivity contribution in [2.24, 2.45) is 0 Å². The molecule has 0 bridgehead atoms. The van der Waals surface area contributed by atoms with Crippen LogP contribution in [0.1, 0.15) is 36.6 Å². The molecule has 0 fully saturated rings. The number of benzene rings is 1. The van der Waals surface area contributed by atoms with E-state index in [2.05, 4.69) is 29.1 Å². The van der Waals surface area contributed by atoms with Crippen LogP contribution >= 0.6 is 11.6 Å². The van der Waals surface area contributed by atoms with Crippen molar-refractivity contribution in [3.05, 3.63) is 40.7 Å². The fraction of sp³-hybridized carbons (Fsp3) is 0.385. The first-order valence-corrected chi connectivity index (χ1v) is 6.47. The van der Waals surface area contributed by atoms with Crippen LogP contribution < -0.4 is 5.73 Å². The van der Waals surface area contributed by atoms with E-state index in [9.17, 15) is 0 Å². The molecule has 0 amide bonds. The van der Waals surface area contributed by atoms with Crippen molar-refractivity contribution in [3.63, 3.8) is 0 Å². The van der Waals surface area contributed by atoms with Gasteiger partial charge in [0.1, 0.15) is 5.82 Å². The zero-order valence-electron chi connectivity index (χ0n) is 10.2. The Morgan fingerprint density at radius 2 is 2.06 bits per heavy atom. The maximum absolute atomic E-state index is 5.92. The Balaban J connectivity index is 1.91. The molecule has 3 rings (SSSR count). The second kappa shape index (κ2) is 4.28. The molecule has 2 aromatic rings. The van der Waals surface area contributed by atoms with Crippen LogP contribution in [0.2, 0.25) is 5.02 Å². The van der Waals surface area contributed by atoms with Crippen LogP contribution in [-0.2, 0) is 6.54 Å². The van der Waals surface area contributed by atoms with Crippen molar-refractivity contribution >= 4 is 17.5 Å². The van der Waals surface area contributed by atoms with Gasteiger partial charge in [0.05, 0.1) is 0 Å². The number of rotatable bonds is 1. The van der Waals surface area contributed by atoms with Crippen molar-refractivity contribution in [3.8, 4) is 0 Å². The third-order valence-corrected chi connectivity index (χ3v) is 3.78. The maximum atomic E-state index is 5.92. The molecule has 1 aromatic carbocycles. The quantitative estimate of drug-likeness (QED) is 0.860. The highest BCUT2D eigenvalue weighted by Crippen LogP contribution is 2.35. The highest BCUT2D eigenvalue weighted by Gasteiger charge is 2.27. The summed E-state index contributed by atoms with van der Waals surface area (Å²) >= 11 is 5.92. The summed E-state index contributed by atoms with van der Waals surface area (Å²) in [4.78, 5) is 4.28. The molecule has 2 atom stereocenters. The normalized spacial score (nSPS) is 22.8. The zero-order chi connectivity index (χ0) is 12.7. The van der Waals surface area contributed by atoms with Crippen LogP contribution in [0.5, 0.6) is 0 Å². The second-order valence-electron chi connectivity index (χ2n) is 4.90. The van der Waals surface area contributed by atoms with Crippen LogP contribution in [-0.4, -0.2) is 14.8 Å². The predicted octanol–water partition coefficient (Wildman–Crippen LogP) is 2.80. The lowest BCUT2D eigenvalue weighted by Crippen LogP contribution is -2.22. The van der Waals surface area contributed by atoms with Gasteiger partial charge in [-0.2, -0.15) is 4.98 Å². The van der Waals surface area contributed by atoms with Crippen molar-refractivity contribution in [2.75, 3.05) is 5.73 Å². The second-order valence-corrected chi connectivity index (χ2v) is 5.33. The van der Waals surface area contributed by atoms with Crippen LogP contribution in [0.3, 0.4) is 0 Å². The fourth-order valence-electron chi connectivity index (χ4n) is 2.66. The monoisotopic (exact) mass is 262 g/mol. The standard InChI is InChI=1S/C13H15ClN4/c1-8-6-10(9-2-4-11(14)5-3-9)7-18-12(8)16-13(15)17-18/h2-5,8,10H,6-7H2,1H3,(H2,15,17). The van der Waals surface area contributed by atoms with Gasteiger partial charge in [-0.15, -0.1) is 5.10 Å². The van der Waals surface area contributed by atoms with Crippen molar-refractivity contribution in [1.82, 2.24) is 14.8 Å². The lowest BCUT2D eigenvalue weighted by atomic mass is 9.86. The van der Waals surface area contributed by atoms with Crippen LogP contribution in [0.4, 0.5) is 5.95 Å². The largest absolute Gasteiger partial charge is 0.366 e. The molecule has 5 heteroatoms. The molecule has 0 radical (unpaired) electrons. The molecular formula is C13H15ClN4. The van der Waals surface area contributed by atoms with Crippen molar-refractivity contribution in [1.29, 1.82) is 0 Å². The number of nitrogen functional groups attached to an aromatic ring is 1. The smallest absolute Gasteiger partial charge is 0.239 e. The Morgan fingerprint density at radius 3 is 2.78 bits per heavy atom. The summed E-state index contributed by atoms with van der Waals surface area (Å²) in [5, 5.41) is 5.02. The summed E-state index contributed by atoms with van der Waals surface area (Å²) in [5.41, 5.74) is 6.96. The summed E-state index contributed by atoms with van der Waals surface area (Å²) < 4.78 is 1.93. The lowest BCUT2D eigenvalue weighted by molar-refractivity contribution is 0.382. The lowest BCUT2D eigenvalue weighted by Gasteiger charge is -2.27. The van der Waals surface area contributed by atoms with Gasteiger partial charge in [0, 0.05) is 23.4 Å². The Morgan fingerprint density at radius 1 is 1.33 bits per heavy atom. The Labute approximate surface area is 111 Å². The molecule has 2 unspecified atom stereocenters. The number of nitrogens with zero attached hydrogens (tertiary/aromatic N) is 3. The third kappa shape index (κ3) is 1.97.